The maximum atomic E-state index is 11.8. The molecule has 4 nitrogen and oxygen atoms in total. The molecule has 0 aliphatic heterocycles. The highest BCUT2D eigenvalue weighted by Gasteiger charge is 2.05. The average Bonchev–Trinajstić information content (AvgIpc) is 2.46. The van der Waals surface area contributed by atoms with Gasteiger partial charge in [-0.1, -0.05) is 18.2 Å². The van der Waals surface area contributed by atoms with Gasteiger partial charge in [0.25, 0.3) is 5.91 Å². The topological polar surface area (TPSA) is 47.6 Å². The molecule has 0 aliphatic rings. The third kappa shape index (κ3) is 3.75. The fraction of sp³-hybridized carbons (Fsp3) is 0.188. The van der Waals surface area contributed by atoms with Gasteiger partial charge in [0, 0.05) is 5.69 Å². The summed E-state index contributed by atoms with van der Waals surface area (Å²) in [7, 11) is 1.62. The number of ether oxygens (including phenoxy) is 2. The van der Waals surface area contributed by atoms with Crippen LogP contribution >= 0.6 is 0 Å². The van der Waals surface area contributed by atoms with Crippen LogP contribution in [0.3, 0.4) is 0 Å². The number of para-hydroxylation sites is 1. The SMILES string of the molecule is COc1ccc(NC(=O)COc2ccccc2)cc1C. The van der Waals surface area contributed by atoms with E-state index in [1.54, 1.807) is 13.2 Å². The normalized spacial score (nSPS) is 9.90. The van der Waals surface area contributed by atoms with E-state index in [9.17, 15) is 4.79 Å². The largest absolute Gasteiger partial charge is 0.496 e. The van der Waals surface area contributed by atoms with Crippen molar-refractivity contribution < 1.29 is 14.3 Å². The van der Waals surface area contributed by atoms with Crippen molar-refractivity contribution in [2.45, 2.75) is 6.92 Å². The summed E-state index contributed by atoms with van der Waals surface area (Å²) in [5.41, 5.74) is 1.69. The first-order valence-corrected chi connectivity index (χ1v) is 6.31. The maximum absolute atomic E-state index is 11.8. The second-order valence-electron chi connectivity index (χ2n) is 4.33. The highest BCUT2D eigenvalue weighted by atomic mass is 16.5. The minimum atomic E-state index is -0.196. The Morgan fingerprint density at radius 3 is 2.55 bits per heavy atom. The summed E-state index contributed by atoms with van der Waals surface area (Å²) in [6.07, 6.45) is 0. The molecule has 20 heavy (non-hydrogen) atoms. The monoisotopic (exact) mass is 271 g/mol. The second kappa shape index (κ2) is 6.61. The lowest BCUT2D eigenvalue weighted by Gasteiger charge is -2.09. The Morgan fingerprint density at radius 2 is 1.90 bits per heavy atom. The number of hydrogen-bond acceptors (Lipinski definition) is 3. The molecule has 0 saturated carbocycles. The van der Waals surface area contributed by atoms with E-state index in [4.69, 9.17) is 9.47 Å². The fourth-order valence-corrected chi connectivity index (χ4v) is 1.82. The molecule has 0 saturated heterocycles. The number of amides is 1. The molecule has 0 aliphatic carbocycles. The summed E-state index contributed by atoms with van der Waals surface area (Å²) in [6.45, 7) is 1.91. The van der Waals surface area contributed by atoms with Crippen LogP contribution in [0.4, 0.5) is 5.69 Å². The van der Waals surface area contributed by atoms with Crippen LogP contribution in [0.15, 0.2) is 48.5 Å². The molecular formula is C16H17NO3. The predicted molar refractivity (Wildman–Crippen MR) is 78.3 cm³/mol. The molecule has 0 bridgehead atoms. The predicted octanol–water partition coefficient (Wildman–Crippen LogP) is 3.02. The molecule has 2 aromatic carbocycles. The molecule has 0 aromatic heterocycles. The van der Waals surface area contributed by atoms with E-state index in [1.165, 1.54) is 0 Å². The summed E-state index contributed by atoms with van der Waals surface area (Å²) in [4.78, 5) is 11.8. The molecule has 0 spiro atoms. The summed E-state index contributed by atoms with van der Waals surface area (Å²) in [5.74, 6) is 1.27. The Kier molecular flexibility index (Phi) is 4.60. The zero-order valence-corrected chi connectivity index (χ0v) is 11.6. The number of hydrogen-bond donors (Lipinski definition) is 1. The van der Waals surface area contributed by atoms with Gasteiger partial charge in [-0.2, -0.15) is 0 Å². The average molecular weight is 271 g/mol. The minimum Gasteiger partial charge on any atom is -0.496 e. The van der Waals surface area contributed by atoms with Gasteiger partial charge in [-0.05, 0) is 42.8 Å². The van der Waals surface area contributed by atoms with Crippen LogP contribution in [0.2, 0.25) is 0 Å². The molecule has 4 heteroatoms. The van der Waals surface area contributed by atoms with Crippen LogP contribution in [-0.2, 0) is 4.79 Å². The number of rotatable bonds is 5. The van der Waals surface area contributed by atoms with Gasteiger partial charge in [0.05, 0.1) is 7.11 Å². The van der Waals surface area contributed by atoms with Crippen LogP contribution in [0, 0.1) is 6.92 Å². The van der Waals surface area contributed by atoms with E-state index in [-0.39, 0.29) is 12.5 Å². The van der Waals surface area contributed by atoms with Gasteiger partial charge >= 0.3 is 0 Å². The van der Waals surface area contributed by atoms with E-state index < -0.39 is 0 Å². The van der Waals surface area contributed by atoms with E-state index in [1.807, 2.05) is 49.4 Å². The molecule has 1 amide bonds. The van der Waals surface area contributed by atoms with Gasteiger partial charge in [0.15, 0.2) is 6.61 Å². The molecule has 2 rings (SSSR count). The maximum Gasteiger partial charge on any atom is 0.262 e. The smallest absolute Gasteiger partial charge is 0.262 e. The molecule has 104 valence electrons. The number of carbonyl (C=O) groups excluding carboxylic acids is 1. The Hall–Kier alpha value is -2.49. The number of aryl methyl sites for hydroxylation is 1. The lowest BCUT2D eigenvalue weighted by Crippen LogP contribution is -2.20. The zero-order chi connectivity index (χ0) is 14.4. The minimum absolute atomic E-state index is 0.0188. The number of carbonyl (C=O) groups is 1. The molecule has 0 heterocycles. The van der Waals surface area contributed by atoms with Crippen LogP contribution in [0.25, 0.3) is 0 Å². The number of anilines is 1. The van der Waals surface area contributed by atoms with Gasteiger partial charge in [-0.15, -0.1) is 0 Å². The van der Waals surface area contributed by atoms with Crippen molar-refractivity contribution in [1.82, 2.24) is 0 Å². The Bertz CT molecular complexity index is 582. The van der Waals surface area contributed by atoms with Crippen molar-refractivity contribution in [3.63, 3.8) is 0 Å². The van der Waals surface area contributed by atoms with Gasteiger partial charge < -0.3 is 14.8 Å². The third-order valence-electron chi connectivity index (χ3n) is 2.79. The summed E-state index contributed by atoms with van der Waals surface area (Å²) < 4.78 is 10.6. The van der Waals surface area contributed by atoms with E-state index in [0.29, 0.717) is 5.75 Å². The Morgan fingerprint density at radius 1 is 1.15 bits per heavy atom. The molecule has 0 atom stereocenters. The summed E-state index contributed by atoms with van der Waals surface area (Å²) in [5, 5.41) is 2.78. The quantitative estimate of drug-likeness (QED) is 0.909. The fourth-order valence-electron chi connectivity index (χ4n) is 1.82. The van der Waals surface area contributed by atoms with Crippen molar-refractivity contribution in [3.8, 4) is 11.5 Å². The summed E-state index contributed by atoms with van der Waals surface area (Å²) >= 11 is 0. The number of methoxy groups -OCH3 is 1. The van der Waals surface area contributed by atoms with Gasteiger partial charge in [0.1, 0.15) is 11.5 Å². The van der Waals surface area contributed by atoms with Crippen LogP contribution in [-0.4, -0.2) is 19.6 Å². The standard InChI is InChI=1S/C16H17NO3/c1-12-10-13(8-9-15(12)19-2)17-16(18)11-20-14-6-4-3-5-7-14/h3-10H,11H2,1-2H3,(H,17,18). The van der Waals surface area contributed by atoms with Crippen molar-refractivity contribution in [2.24, 2.45) is 0 Å². The highest BCUT2D eigenvalue weighted by molar-refractivity contribution is 5.92. The Labute approximate surface area is 118 Å². The first kappa shape index (κ1) is 13.9. The second-order valence-corrected chi connectivity index (χ2v) is 4.33. The van der Waals surface area contributed by atoms with Crippen molar-refractivity contribution in [2.75, 3.05) is 19.0 Å². The third-order valence-corrected chi connectivity index (χ3v) is 2.79. The van der Waals surface area contributed by atoms with Gasteiger partial charge in [0.2, 0.25) is 0 Å². The van der Waals surface area contributed by atoms with E-state index in [2.05, 4.69) is 5.32 Å². The van der Waals surface area contributed by atoms with Crippen molar-refractivity contribution in [1.29, 1.82) is 0 Å². The number of nitrogens with one attached hydrogen (secondary N) is 1. The first-order chi connectivity index (χ1) is 9.69. The number of benzene rings is 2. The van der Waals surface area contributed by atoms with Crippen molar-refractivity contribution in [3.05, 3.63) is 54.1 Å². The molecule has 0 fully saturated rings. The lowest BCUT2D eigenvalue weighted by molar-refractivity contribution is -0.118. The van der Waals surface area contributed by atoms with Gasteiger partial charge in [-0.3, -0.25) is 4.79 Å². The summed E-state index contributed by atoms with van der Waals surface area (Å²) in [6, 6.07) is 14.7. The van der Waals surface area contributed by atoms with Crippen LogP contribution < -0.4 is 14.8 Å². The van der Waals surface area contributed by atoms with E-state index in [0.717, 1.165) is 17.0 Å². The van der Waals surface area contributed by atoms with E-state index >= 15 is 0 Å². The van der Waals surface area contributed by atoms with Crippen LogP contribution in [0.1, 0.15) is 5.56 Å². The molecule has 0 unspecified atom stereocenters. The highest BCUT2D eigenvalue weighted by Crippen LogP contribution is 2.21. The Balaban J connectivity index is 1.90. The molecule has 1 N–H and O–H groups in total. The van der Waals surface area contributed by atoms with Crippen LogP contribution in [0.5, 0.6) is 11.5 Å². The zero-order valence-electron chi connectivity index (χ0n) is 11.6. The molecular weight excluding hydrogens is 254 g/mol. The molecule has 2 aromatic rings. The first-order valence-electron chi connectivity index (χ1n) is 6.31. The van der Waals surface area contributed by atoms with Crippen molar-refractivity contribution >= 4 is 11.6 Å². The molecule has 0 radical (unpaired) electrons. The lowest BCUT2D eigenvalue weighted by atomic mass is 10.2. The van der Waals surface area contributed by atoms with Gasteiger partial charge in [-0.25, -0.2) is 0 Å².